The fourth-order valence-electron chi connectivity index (χ4n) is 4.55. The standard InChI is InChI=1S/C18H20N.C6H6N.C4H9.Al/c1-14(2)12-16-9-5-6-10-17(16)13-19-18-11-7-4-8-15(18)3;7-6-4-2-1-3-5-6;1-4(2)3;/h4-11,13H,12H2,1-3H3;1-5,7H;1-3H3;/q;-1;;+1. The number of hydrogen-bond donors (Lipinski definition) is 1. The quantitative estimate of drug-likeness (QED) is 0.301. The third-order valence-electron chi connectivity index (χ3n) is 5.89. The van der Waals surface area contributed by atoms with E-state index in [0.717, 1.165) is 12.1 Å². The lowest BCUT2D eigenvalue weighted by Gasteiger charge is -2.39. The largest absolute Gasteiger partial charge is 0.476 e. The summed E-state index contributed by atoms with van der Waals surface area (Å²) in [5.41, 5.74) is 6.03. The molecule has 0 amide bonds. The number of rotatable bonds is 7. The number of hydrogen-bond acceptors (Lipinski definition) is 2. The molecular weight excluding hydrogens is 391 g/mol. The molecule has 3 rings (SSSR count). The molecule has 160 valence electrons. The predicted octanol–water partition coefficient (Wildman–Crippen LogP) is 7.97. The summed E-state index contributed by atoms with van der Waals surface area (Å²) >= 11 is -1.43. The Morgan fingerprint density at radius 2 is 1.42 bits per heavy atom. The molecule has 3 aromatic carbocycles. The molecule has 0 spiro atoms. The van der Waals surface area contributed by atoms with E-state index in [1.54, 1.807) is 0 Å². The number of nitrogens with one attached hydrogen (secondary N) is 1. The second-order valence-electron chi connectivity index (χ2n) is 10.2. The summed E-state index contributed by atoms with van der Waals surface area (Å²) in [6.07, 6.45) is 3.06. The fraction of sp³-hybridized carbons (Fsp3) is 0.321. The lowest BCUT2D eigenvalue weighted by Crippen LogP contribution is -2.45. The molecular formula is C28H35AlN2. The molecule has 0 aromatic heterocycles. The molecule has 0 aliphatic rings. The van der Waals surface area contributed by atoms with Crippen LogP contribution in [0.1, 0.15) is 51.3 Å². The van der Waals surface area contributed by atoms with Gasteiger partial charge < -0.3 is 4.30 Å². The van der Waals surface area contributed by atoms with Crippen molar-refractivity contribution in [3.05, 3.63) is 95.6 Å². The number of nitrogens with zero attached hydrogens (tertiary/aromatic N) is 1. The maximum Gasteiger partial charge on any atom is 0.423 e. The van der Waals surface area contributed by atoms with E-state index in [9.17, 15) is 0 Å². The van der Waals surface area contributed by atoms with Crippen molar-refractivity contribution >= 4 is 32.0 Å². The van der Waals surface area contributed by atoms with Crippen LogP contribution in [0.25, 0.3) is 0 Å². The van der Waals surface area contributed by atoms with Crippen LogP contribution >= 0.6 is 0 Å². The van der Waals surface area contributed by atoms with Crippen molar-refractivity contribution in [1.82, 2.24) is 0 Å². The lowest BCUT2D eigenvalue weighted by atomic mass is 9.97. The van der Waals surface area contributed by atoms with Crippen LogP contribution in [0.2, 0.25) is 8.55 Å². The predicted molar refractivity (Wildman–Crippen MR) is 138 cm³/mol. The third-order valence-corrected chi connectivity index (χ3v) is 10.0. The summed E-state index contributed by atoms with van der Waals surface area (Å²) in [6, 6.07) is 27.7. The Kier molecular flexibility index (Phi) is 7.42. The minimum atomic E-state index is -1.43. The highest BCUT2D eigenvalue weighted by Crippen LogP contribution is 2.45. The van der Waals surface area contributed by atoms with E-state index in [1.807, 2.05) is 12.3 Å². The summed E-state index contributed by atoms with van der Waals surface area (Å²) in [7, 11) is 0. The normalized spacial score (nSPS) is 12.2. The van der Waals surface area contributed by atoms with Crippen LogP contribution in [0.3, 0.4) is 0 Å². The SMILES string of the molecule is Cc1ccccc1N=Cc1ccccc1C[C](C)(C)[Al]([NH]c1ccccc1)[C](C)(C)C. The van der Waals surface area contributed by atoms with Gasteiger partial charge in [0.25, 0.3) is 0 Å². The second kappa shape index (κ2) is 9.86. The molecule has 0 aliphatic heterocycles. The van der Waals surface area contributed by atoms with Crippen molar-refractivity contribution in [3.63, 3.8) is 0 Å². The molecule has 3 heteroatoms. The van der Waals surface area contributed by atoms with E-state index >= 15 is 0 Å². The van der Waals surface area contributed by atoms with Gasteiger partial charge in [-0.25, -0.2) is 0 Å². The number of aliphatic imine (C=N–C) groups is 1. The topological polar surface area (TPSA) is 24.4 Å². The molecule has 1 N–H and O–H groups in total. The van der Waals surface area contributed by atoms with Crippen molar-refractivity contribution in [2.75, 3.05) is 4.30 Å². The zero-order chi connectivity index (χ0) is 22.5. The molecule has 3 aromatic rings. The summed E-state index contributed by atoms with van der Waals surface area (Å²) < 4.78 is 4.38. The number of benzene rings is 3. The maximum atomic E-state index is 4.80. The van der Waals surface area contributed by atoms with Gasteiger partial charge in [-0.15, -0.1) is 0 Å². The zero-order valence-electron chi connectivity index (χ0n) is 19.8. The van der Waals surface area contributed by atoms with Gasteiger partial charge in [0.2, 0.25) is 0 Å². The van der Waals surface area contributed by atoms with E-state index in [-0.39, 0.29) is 8.55 Å². The molecule has 0 heterocycles. The Morgan fingerprint density at radius 3 is 2.10 bits per heavy atom. The highest BCUT2D eigenvalue weighted by Gasteiger charge is 2.46. The monoisotopic (exact) mass is 426 g/mol. The van der Waals surface area contributed by atoms with Crippen LogP contribution in [0.5, 0.6) is 0 Å². The molecule has 0 saturated heterocycles. The van der Waals surface area contributed by atoms with Gasteiger partial charge in [-0.3, -0.25) is 4.99 Å². The zero-order valence-corrected chi connectivity index (χ0v) is 21.0. The third kappa shape index (κ3) is 6.33. The van der Waals surface area contributed by atoms with E-state index in [1.165, 1.54) is 22.4 Å². The first-order chi connectivity index (χ1) is 14.7. The Morgan fingerprint density at radius 1 is 0.806 bits per heavy atom. The molecule has 0 bridgehead atoms. The van der Waals surface area contributed by atoms with Gasteiger partial charge in [-0.05, 0) is 48.2 Å². The average Bonchev–Trinajstić information content (AvgIpc) is 2.72. The van der Waals surface area contributed by atoms with Crippen LogP contribution in [-0.2, 0) is 6.42 Å². The van der Waals surface area contributed by atoms with Gasteiger partial charge in [0.05, 0.1) is 5.69 Å². The van der Waals surface area contributed by atoms with Crippen molar-refractivity contribution in [2.45, 2.75) is 56.5 Å². The Balaban J connectivity index is 1.88. The van der Waals surface area contributed by atoms with Crippen LogP contribution in [0.15, 0.2) is 83.9 Å². The van der Waals surface area contributed by atoms with Gasteiger partial charge in [0.1, 0.15) is 0 Å². The maximum absolute atomic E-state index is 4.80. The molecule has 31 heavy (non-hydrogen) atoms. The Bertz CT molecular complexity index is 1020. The van der Waals surface area contributed by atoms with E-state index in [0.29, 0.717) is 0 Å². The number of para-hydroxylation sites is 2. The average molecular weight is 427 g/mol. The van der Waals surface area contributed by atoms with Crippen LogP contribution < -0.4 is 4.30 Å². The minimum absolute atomic E-state index is 0.167. The smallest absolute Gasteiger partial charge is 0.423 e. The van der Waals surface area contributed by atoms with Crippen molar-refractivity contribution < 1.29 is 0 Å². The van der Waals surface area contributed by atoms with Crippen LogP contribution in [0, 0.1) is 6.92 Å². The van der Waals surface area contributed by atoms with Gasteiger partial charge in [0.15, 0.2) is 0 Å². The van der Waals surface area contributed by atoms with Gasteiger partial charge >= 0.3 is 14.4 Å². The molecule has 0 radical (unpaired) electrons. The molecule has 0 saturated carbocycles. The summed E-state index contributed by atoms with van der Waals surface area (Å²) in [5, 5.41) is 0. The van der Waals surface area contributed by atoms with E-state index < -0.39 is 14.4 Å². The van der Waals surface area contributed by atoms with Crippen LogP contribution in [-0.4, -0.2) is 20.6 Å². The summed E-state index contributed by atoms with van der Waals surface area (Å²) in [4.78, 5) is 4.80. The Hall–Kier alpha value is -2.34. The van der Waals surface area contributed by atoms with E-state index in [2.05, 4.69) is 119 Å². The summed E-state index contributed by atoms with van der Waals surface area (Å²) in [5.74, 6) is 0. The first-order valence-electron chi connectivity index (χ1n) is 11.2. The van der Waals surface area contributed by atoms with Crippen LogP contribution in [0.4, 0.5) is 11.4 Å². The molecule has 0 atom stereocenters. The van der Waals surface area contributed by atoms with Crippen molar-refractivity contribution in [3.8, 4) is 0 Å². The molecule has 0 fully saturated rings. The number of aryl methyl sites for hydroxylation is 1. The highest BCUT2D eigenvalue weighted by molar-refractivity contribution is 6.68. The Labute approximate surface area is 193 Å². The van der Waals surface area contributed by atoms with E-state index in [4.69, 9.17) is 4.99 Å². The fourth-order valence-corrected chi connectivity index (χ4v) is 8.66. The second-order valence-corrected chi connectivity index (χ2v) is 14.7. The molecule has 0 unspecified atom stereocenters. The van der Waals surface area contributed by atoms with Gasteiger partial charge in [-0.2, -0.15) is 0 Å². The lowest BCUT2D eigenvalue weighted by molar-refractivity contribution is 0.599. The highest BCUT2D eigenvalue weighted by atomic mass is 27.2. The minimum Gasteiger partial charge on any atom is -0.476 e. The van der Waals surface area contributed by atoms with Gasteiger partial charge in [0, 0.05) is 11.9 Å². The molecule has 2 nitrogen and oxygen atoms in total. The molecule has 0 aliphatic carbocycles. The first-order valence-corrected chi connectivity index (χ1v) is 12.9. The van der Waals surface area contributed by atoms with Crippen molar-refractivity contribution in [1.29, 1.82) is 0 Å². The van der Waals surface area contributed by atoms with Gasteiger partial charge in [-0.1, -0.05) is 104 Å². The van der Waals surface area contributed by atoms with Crippen molar-refractivity contribution in [2.24, 2.45) is 4.99 Å². The first kappa shape index (κ1) is 23.3. The number of anilines is 1. The summed E-state index contributed by atoms with van der Waals surface area (Å²) in [6.45, 7) is 14.1.